The van der Waals surface area contributed by atoms with Crippen LogP contribution in [0.15, 0.2) is 75.0 Å². The molecule has 0 aliphatic carbocycles. The van der Waals surface area contributed by atoms with E-state index in [2.05, 4.69) is 31.3 Å². The SMILES string of the molecule is CCc1nc2ccc(Br)cc2c(=O)n1N=Cc1ccc(OCC(=O)Nc2cccc(F)c2)c(Cl)c1. The van der Waals surface area contributed by atoms with Gasteiger partial charge in [-0.05, 0) is 60.2 Å². The number of fused-ring (bicyclic) bond motifs is 1. The number of nitrogens with one attached hydrogen (secondary N) is 1. The lowest BCUT2D eigenvalue weighted by Gasteiger charge is -2.10. The van der Waals surface area contributed by atoms with Gasteiger partial charge in [-0.2, -0.15) is 9.78 Å². The van der Waals surface area contributed by atoms with Crippen molar-refractivity contribution in [3.63, 3.8) is 0 Å². The molecular formula is C25H19BrClFN4O3. The Morgan fingerprint density at radius 2 is 2.06 bits per heavy atom. The zero-order chi connectivity index (χ0) is 24.9. The number of benzene rings is 3. The molecule has 0 aliphatic heterocycles. The smallest absolute Gasteiger partial charge is 0.282 e. The zero-order valence-electron chi connectivity index (χ0n) is 18.5. The summed E-state index contributed by atoms with van der Waals surface area (Å²) in [5, 5.41) is 7.59. The van der Waals surface area contributed by atoms with Crippen LogP contribution in [0, 0.1) is 5.82 Å². The van der Waals surface area contributed by atoms with Crippen LogP contribution in [0.2, 0.25) is 5.02 Å². The number of hydrogen-bond acceptors (Lipinski definition) is 5. The summed E-state index contributed by atoms with van der Waals surface area (Å²) in [6, 6.07) is 15.8. The van der Waals surface area contributed by atoms with Crippen LogP contribution < -0.4 is 15.6 Å². The highest BCUT2D eigenvalue weighted by atomic mass is 79.9. The summed E-state index contributed by atoms with van der Waals surface area (Å²) >= 11 is 9.68. The molecule has 0 saturated heterocycles. The van der Waals surface area contributed by atoms with Crippen molar-refractivity contribution in [2.24, 2.45) is 5.10 Å². The summed E-state index contributed by atoms with van der Waals surface area (Å²) in [6.07, 6.45) is 2.02. The lowest BCUT2D eigenvalue weighted by Crippen LogP contribution is -2.22. The molecule has 0 radical (unpaired) electrons. The highest BCUT2D eigenvalue weighted by Gasteiger charge is 2.11. The second kappa shape index (κ2) is 10.8. The summed E-state index contributed by atoms with van der Waals surface area (Å²) < 4.78 is 20.8. The molecule has 4 rings (SSSR count). The Morgan fingerprint density at radius 3 is 2.80 bits per heavy atom. The van der Waals surface area contributed by atoms with Crippen LogP contribution in [0.25, 0.3) is 10.9 Å². The van der Waals surface area contributed by atoms with Crippen LogP contribution in [0.3, 0.4) is 0 Å². The van der Waals surface area contributed by atoms with Crippen molar-refractivity contribution in [3.8, 4) is 5.75 Å². The molecule has 0 saturated carbocycles. The van der Waals surface area contributed by atoms with Crippen LogP contribution in [0.5, 0.6) is 5.75 Å². The molecule has 4 aromatic rings. The minimum atomic E-state index is -0.459. The van der Waals surface area contributed by atoms with Crippen molar-refractivity contribution >= 4 is 56.2 Å². The molecule has 0 atom stereocenters. The third-order valence-corrected chi connectivity index (χ3v) is 5.73. The van der Waals surface area contributed by atoms with E-state index in [1.807, 2.05) is 13.0 Å². The van der Waals surface area contributed by atoms with E-state index >= 15 is 0 Å². The van der Waals surface area contributed by atoms with Gasteiger partial charge in [0.2, 0.25) is 0 Å². The average Bonchev–Trinajstić information content (AvgIpc) is 2.83. The number of hydrogen-bond donors (Lipinski definition) is 1. The number of carbonyl (C=O) groups is 1. The Hall–Kier alpha value is -3.56. The van der Waals surface area contributed by atoms with E-state index in [-0.39, 0.29) is 17.2 Å². The first kappa shape index (κ1) is 24.6. The number of rotatable bonds is 7. The Balaban J connectivity index is 1.48. The van der Waals surface area contributed by atoms with Gasteiger partial charge < -0.3 is 10.1 Å². The maximum Gasteiger partial charge on any atom is 0.282 e. The molecule has 1 aromatic heterocycles. The van der Waals surface area contributed by atoms with Gasteiger partial charge in [0.05, 0.1) is 22.1 Å². The summed E-state index contributed by atoms with van der Waals surface area (Å²) in [6.45, 7) is 1.59. The third-order valence-electron chi connectivity index (χ3n) is 4.94. The molecule has 178 valence electrons. The normalized spacial score (nSPS) is 11.2. The van der Waals surface area contributed by atoms with Crippen molar-refractivity contribution in [1.82, 2.24) is 9.66 Å². The van der Waals surface area contributed by atoms with E-state index in [9.17, 15) is 14.0 Å². The lowest BCUT2D eigenvalue weighted by molar-refractivity contribution is -0.118. The molecule has 1 heterocycles. The van der Waals surface area contributed by atoms with Gasteiger partial charge in [0.1, 0.15) is 17.4 Å². The van der Waals surface area contributed by atoms with Crippen molar-refractivity contribution in [3.05, 3.63) is 97.7 Å². The van der Waals surface area contributed by atoms with Gasteiger partial charge in [0.15, 0.2) is 6.61 Å². The topological polar surface area (TPSA) is 85.6 Å². The number of aromatic nitrogens is 2. The van der Waals surface area contributed by atoms with Gasteiger partial charge in [-0.15, -0.1) is 0 Å². The monoisotopic (exact) mass is 556 g/mol. The number of amides is 1. The second-order valence-corrected chi connectivity index (χ2v) is 8.76. The van der Waals surface area contributed by atoms with Gasteiger partial charge in [-0.1, -0.05) is 40.5 Å². The van der Waals surface area contributed by atoms with Crippen molar-refractivity contribution in [2.75, 3.05) is 11.9 Å². The first-order valence-electron chi connectivity index (χ1n) is 10.6. The Kier molecular flexibility index (Phi) is 7.57. The van der Waals surface area contributed by atoms with Gasteiger partial charge in [0.25, 0.3) is 11.5 Å². The molecule has 0 unspecified atom stereocenters. The number of ether oxygens (including phenoxy) is 1. The summed E-state index contributed by atoms with van der Waals surface area (Å²) in [7, 11) is 0. The first-order chi connectivity index (χ1) is 16.8. The number of halogens is 3. The number of carbonyl (C=O) groups excluding carboxylic acids is 1. The molecule has 0 bridgehead atoms. The molecule has 10 heteroatoms. The number of anilines is 1. The Morgan fingerprint density at radius 1 is 1.23 bits per heavy atom. The van der Waals surface area contributed by atoms with Crippen LogP contribution in [-0.2, 0) is 11.2 Å². The van der Waals surface area contributed by atoms with Crippen LogP contribution in [0.4, 0.5) is 10.1 Å². The van der Waals surface area contributed by atoms with E-state index < -0.39 is 11.7 Å². The first-order valence-corrected chi connectivity index (χ1v) is 11.7. The highest BCUT2D eigenvalue weighted by Crippen LogP contribution is 2.25. The van der Waals surface area contributed by atoms with Crippen LogP contribution >= 0.6 is 27.5 Å². The summed E-state index contributed by atoms with van der Waals surface area (Å²) in [5.41, 5.74) is 1.27. The van der Waals surface area contributed by atoms with Crippen molar-refractivity contribution in [1.29, 1.82) is 0 Å². The number of aryl methyl sites for hydroxylation is 1. The molecule has 7 nitrogen and oxygen atoms in total. The third kappa shape index (κ3) is 5.93. The maximum atomic E-state index is 13.2. The minimum absolute atomic E-state index is 0.260. The number of nitrogens with zero attached hydrogens (tertiary/aromatic N) is 3. The molecule has 1 N–H and O–H groups in total. The fraction of sp³-hybridized carbons (Fsp3) is 0.120. The van der Waals surface area contributed by atoms with E-state index in [4.69, 9.17) is 16.3 Å². The molecule has 3 aromatic carbocycles. The predicted octanol–water partition coefficient (Wildman–Crippen LogP) is 5.41. The fourth-order valence-electron chi connectivity index (χ4n) is 3.29. The second-order valence-electron chi connectivity index (χ2n) is 7.44. The largest absolute Gasteiger partial charge is 0.482 e. The van der Waals surface area contributed by atoms with Crippen molar-refractivity contribution < 1.29 is 13.9 Å². The van der Waals surface area contributed by atoms with E-state index in [1.165, 1.54) is 29.1 Å². The summed E-state index contributed by atoms with van der Waals surface area (Å²) in [4.78, 5) is 29.6. The fourth-order valence-corrected chi connectivity index (χ4v) is 3.89. The molecule has 0 fully saturated rings. The van der Waals surface area contributed by atoms with Crippen molar-refractivity contribution in [2.45, 2.75) is 13.3 Å². The minimum Gasteiger partial charge on any atom is -0.482 e. The standard InChI is InChI=1S/C25H19BrClFN4O3/c1-2-23-31-21-8-7-16(26)11-19(21)25(34)32(23)29-13-15-6-9-22(20(27)10-15)35-14-24(33)30-18-5-3-4-17(28)12-18/h3-13H,2,14H2,1H3,(H,30,33). The quantitative estimate of drug-likeness (QED) is 0.308. The van der Waals surface area contributed by atoms with Gasteiger partial charge in [-0.25, -0.2) is 9.37 Å². The van der Waals surface area contributed by atoms with Crippen LogP contribution in [-0.4, -0.2) is 28.4 Å². The predicted molar refractivity (Wildman–Crippen MR) is 138 cm³/mol. The summed E-state index contributed by atoms with van der Waals surface area (Å²) in [5.74, 6) is -0.0952. The van der Waals surface area contributed by atoms with E-state index in [1.54, 1.807) is 36.4 Å². The molecular weight excluding hydrogens is 539 g/mol. The molecule has 1 amide bonds. The highest BCUT2D eigenvalue weighted by molar-refractivity contribution is 9.10. The lowest BCUT2D eigenvalue weighted by atomic mass is 10.2. The average molecular weight is 558 g/mol. The molecule has 0 aliphatic rings. The Labute approximate surface area is 213 Å². The van der Waals surface area contributed by atoms with Gasteiger partial charge in [-0.3, -0.25) is 9.59 Å². The van der Waals surface area contributed by atoms with E-state index in [0.29, 0.717) is 40.1 Å². The molecule has 35 heavy (non-hydrogen) atoms. The van der Waals surface area contributed by atoms with Gasteiger partial charge >= 0.3 is 0 Å². The van der Waals surface area contributed by atoms with Gasteiger partial charge in [0, 0.05) is 16.6 Å². The van der Waals surface area contributed by atoms with Crippen LogP contribution in [0.1, 0.15) is 18.3 Å². The maximum absolute atomic E-state index is 13.2. The zero-order valence-corrected chi connectivity index (χ0v) is 20.8. The van der Waals surface area contributed by atoms with E-state index in [0.717, 1.165) is 4.47 Å². The Bertz CT molecular complexity index is 1510. The molecule has 0 spiro atoms.